The van der Waals surface area contributed by atoms with Crippen LogP contribution in [0.5, 0.6) is 0 Å². The molecule has 0 amide bonds. The monoisotopic (exact) mass is 287 g/mol. The van der Waals surface area contributed by atoms with Gasteiger partial charge in [0.1, 0.15) is 6.10 Å². The molecule has 5 rings (SSSR count). The first-order valence-corrected chi connectivity index (χ1v) is 7.35. The molecule has 2 aromatic rings. The summed E-state index contributed by atoms with van der Waals surface area (Å²) in [5.74, 6) is 0.430. The van der Waals surface area contributed by atoms with Gasteiger partial charge in [-0.25, -0.2) is 9.59 Å². The normalized spacial score (nSPS) is 27.9. The summed E-state index contributed by atoms with van der Waals surface area (Å²) < 4.78 is 6.71. The number of H-pyrrole nitrogens is 1. The zero-order valence-electron chi connectivity index (χ0n) is 11.6. The summed E-state index contributed by atoms with van der Waals surface area (Å²) >= 11 is 0. The predicted octanol–water partition coefficient (Wildman–Crippen LogP) is 1.41. The number of piperidine rings is 3. The zero-order valence-corrected chi connectivity index (χ0v) is 11.6. The summed E-state index contributed by atoms with van der Waals surface area (Å²) in [6, 6.07) is 7.13. The number of rotatable bonds is 1. The molecule has 6 heteroatoms. The lowest BCUT2D eigenvalue weighted by Gasteiger charge is -2.43. The minimum Gasteiger partial charge on any atom is -0.444 e. The number of ether oxygens (including phenoxy) is 1. The van der Waals surface area contributed by atoms with E-state index >= 15 is 0 Å². The van der Waals surface area contributed by atoms with Crippen LogP contribution in [-0.2, 0) is 4.74 Å². The molecule has 0 saturated carbocycles. The van der Waals surface area contributed by atoms with Gasteiger partial charge in [0.25, 0.3) is 0 Å². The second-order valence-electron chi connectivity index (χ2n) is 5.84. The third-order valence-electron chi connectivity index (χ3n) is 4.62. The van der Waals surface area contributed by atoms with Gasteiger partial charge in [0.05, 0.1) is 11.0 Å². The molecular weight excluding hydrogens is 270 g/mol. The van der Waals surface area contributed by atoms with Crippen molar-refractivity contribution in [3.8, 4) is 0 Å². The van der Waals surface area contributed by atoms with E-state index in [1.54, 1.807) is 18.2 Å². The number of imidazole rings is 1. The van der Waals surface area contributed by atoms with Crippen LogP contribution in [0.3, 0.4) is 0 Å². The first kappa shape index (κ1) is 12.6. The summed E-state index contributed by atoms with van der Waals surface area (Å²) in [6.07, 6.45) is 1.47. The van der Waals surface area contributed by atoms with Gasteiger partial charge in [-0.05, 0) is 44.0 Å². The van der Waals surface area contributed by atoms with Crippen LogP contribution in [0, 0.1) is 5.92 Å². The van der Waals surface area contributed by atoms with Crippen molar-refractivity contribution < 1.29 is 9.53 Å². The Balaban J connectivity index is 1.62. The molecule has 2 bridgehead atoms. The first-order chi connectivity index (χ1) is 10.2. The predicted molar refractivity (Wildman–Crippen MR) is 77.4 cm³/mol. The second-order valence-corrected chi connectivity index (χ2v) is 5.84. The van der Waals surface area contributed by atoms with Crippen LogP contribution >= 0.6 is 0 Å². The van der Waals surface area contributed by atoms with E-state index in [9.17, 15) is 9.59 Å². The van der Waals surface area contributed by atoms with Crippen LogP contribution in [0.1, 0.15) is 12.8 Å². The maximum absolute atomic E-state index is 12.4. The number of nitrogens with one attached hydrogen (secondary N) is 1. The highest BCUT2D eigenvalue weighted by atomic mass is 16.6. The third-order valence-corrected chi connectivity index (χ3v) is 4.62. The van der Waals surface area contributed by atoms with E-state index in [1.807, 2.05) is 6.07 Å². The molecule has 0 aliphatic carbocycles. The van der Waals surface area contributed by atoms with E-state index in [0.717, 1.165) is 37.0 Å². The largest absolute Gasteiger partial charge is 0.444 e. The molecule has 3 fully saturated rings. The molecule has 1 aromatic carbocycles. The molecule has 1 aromatic heterocycles. The zero-order chi connectivity index (χ0) is 14.4. The van der Waals surface area contributed by atoms with Crippen molar-refractivity contribution in [3.05, 3.63) is 34.7 Å². The number of aromatic amines is 1. The third kappa shape index (κ3) is 2.06. The Morgan fingerprint density at radius 1 is 1.24 bits per heavy atom. The summed E-state index contributed by atoms with van der Waals surface area (Å²) in [6.45, 7) is 2.96. The van der Waals surface area contributed by atoms with Crippen molar-refractivity contribution in [1.82, 2.24) is 14.5 Å². The molecule has 3 aliphatic heterocycles. The lowest BCUT2D eigenvalue weighted by atomic mass is 9.86. The number of hydrogen-bond acceptors (Lipinski definition) is 4. The van der Waals surface area contributed by atoms with Crippen LogP contribution in [0.15, 0.2) is 29.1 Å². The fourth-order valence-electron chi connectivity index (χ4n) is 3.46. The highest BCUT2D eigenvalue weighted by Gasteiger charge is 2.37. The number of carbonyl (C=O) groups excluding carboxylic acids is 1. The Kier molecular flexibility index (Phi) is 2.85. The van der Waals surface area contributed by atoms with E-state index in [-0.39, 0.29) is 6.10 Å². The van der Waals surface area contributed by atoms with E-state index < -0.39 is 11.8 Å². The molecule has 1 N–H and O–H groups in total. The molecule has 0 radical (unpaired) electrons. The number of nitrogens with zero attached hydrogens (tertiary/aromatic N) is 2. The Morgan fingerprint density at radius 2 is 2.00 bits per heavy atom. The van der Waals surface area contributed by atoms with Gasteiger partial charge in [0.15, 0.2) is 0 Å². The molecule has 4 heterocycles. The topological polar surface area (TPSA) is 67.3 Å². The molecule has 21 heavy (non-hydrogen) atoms. The number of hydrogen-bond donors (Lipinski definition) is 1. The van der Waals surface area contributed by atoms with Crippen molar-refractivity contribution in [2.75, 3.05) is 19.6 Å². The Labute approximate surface area is 121 Å². The first-order valence-electron chi connectivity index (χ1n) is 7.35. The average Bonchev–Trinajstić information content (AvgIpc) is 2.84. The lowest BCUT2D eigenvalue weighted by Crippen LogP contribution is -2.52. The van der Waals surface area contributed by atoms with Gasteiger partial charge >= 0.3 is 11.8 Å². The molecule has 6 nitrogen and oxygen atoms in total. The quantitative estimate of drug-likeness (QED) is 0.861. The summed E-state index contributed by atoms with van der Waals surface area (Å²) in [5, 5.41) is 0. The van der Waals surface area contributed by atoms with Crippen molar-refractivity contribution >= 4 is 17.1 Å². The molecule has 1 atom stereocenters. The minimum absolute atomic E-state index is 0.0967. The maximum atomic E-state index is 12.4. The number of benzene rings is 1. The summed E-state index contributed by atoms with van der Waals surface area (Å²) in [7, 11) is 0. The highest BCUT2D eigenvalue weighted by Crippen LogP contribution is 2.29. The second kappa shape index (κ2) is 4.73. The van der Waals surface area contributed by atoms with Crippen molar-refractivity contribution in [2.45, 2.75) is 18.9 Å². The smallest absolute Gasteiger partial charge is 0.423 e. The van der Waals surface area contributed by atoms with Gasteiger partial charge in [-0.2, -0.15) is 4.57 Å². The Morgan fingerprint density at radius 3 is 2.71 bits per heavy atom. The van der Waals surface area contributed by atoms with Crippen LogP contribution in [0.4, 0.5) is 4.79 Å². The molecular formula is C15H17N3O3. The standard InChI is InChI=1S/C15H17N3O3/c19-14-16-11-3-1-2-4-12(11)18(14)15(20)21-13-9-17-7-5-10(13)6-8-17/h1-4,10,13H,5-9H2,(H,16,19). The van der Waals surface area contributed by atoms with E-state index in [2.05, 4.69) is 9.88 Å². The number of aromatic nitrogens is 2. The van der Waals surface area contributed by atoms with Gasteiger partial charge in [0.2, 0.25) is 0 Å². The van der Waals surface area contributed by atoms with Crippen LogP contribution < -0.4 is 5.69 Å². The molecule has 3 aliphatic rings. The van der Waals surface area contributed by atoms with Crippen LogP contribution in [-0.4, -0.2) is 46.3 Å². The van der Waals surface area contributed by atoms with E-state index in [4.69, 9.17) is 4.74 Å². The summed E-state index contributed by atoms with van der Waals surface area (Å²) in [4.78, 5) is 29.4. The van der Waals surface area contributed by atoms with Gasteiger partial charge in [-0.3, -0.25) is 4.90 Å². The average molecular weight is 287 g/mol. The van der Waals surface area contributed by atoms with Crippen LogP contribution in [0.2, 0.25) is 0 Å². The summed E-state index contributed by atoms with van der Waals surface area (Å²) in [5.41, 5.74) is 0.768. The Bertz CT molecular complexity index is 740. The number of para-hydroxylation sites is 2. The number of fused-ring (bicyclic) bond motifs is 4. The molecule has 3 saturated heterocycles. The van der Waals surface area contributed by atoms with Gasteiger partial charge in [0, 0.05) is 6.54 Å². The van der Waals surface area contributed by atoms with Gasteiger partial charge in [-0.1, -0.05) is 12.1 Å². The van der Waals surface area contributed by atoms with E-state index in [1.165, 1.54) is 0 Å². The minimum atomic E-state index is -0.573. The van der Waals surface area contributed by atoms with Crippen molar-refractivity contribution in [1.29, 1.82) is 0 Å². The van der Waals surface area contributed by atoms with Crippen LogP contribution in [0.25, 0.3) is 11.0 Å². The molecule has 1 unspecified atom stereocenters. The van der Waals surface area contributed by atoms with Crippen molar-refractivity contribution in [2.24, 2.45) is 5.92 Å². The fourth-order valence-corrected chi connectivity index (χ4v) is 3.46. The Hall–Kier alpha value is -2.08. The lowest BCUT2D eigenvalue weighted by molar-refractivity contribution is -0.0327. The highest BCUT2D eigenvalue weighted by molar-refractivity contribution is 5.86. The SMILES string of the molecule is O=C(OC1CN2CCC1CC2)n1c(=O)[nH]c2ccccc21. The van der Waals surface area contributed by atoms with Gasteiger partial charge < -0.3 is 9.72 Å². The van der Waals surface area contributed by atoms with Gasteiger partial charge in [-0.15, -0.1) is 0 Å². The number of carbonyl (C=O) groups is 1. The van der Waals surface area contributed by atoms with E-state index in [0.29, 0.717) is 17.0 Å². The maximum Gasteiger partial charge on any atom is 0.423 e. The van der Waals surface area contributed by atoms with Crippen molar-refractivity contribution in [3.63, 3.8) is 0 Å². The molecule has 110 valence electrons. The molecule has 0 spiro atoms. The fraction of sp³-hybridized carbons (Fsp3) is 0.467.